The van der Waals surface area contributed by atoms with Crippen molar-refractivity contribution < 1.29 is 44.6 Å². The summed E-state index contributed by atoms with van der Waals surface area (Å²) in [6.07, 6.45) is 0. The van der Waals surface area contributed by atoms with Crippen molar-refractivity contribution in [3.63, 3.8) is 0 Å². The Kier molecular flexibility index (Phi) is 10.7. The number of aliphatic carboxylic acids is 1. The summed E-state index contributed by atoms with van der Waals surface area (Å²) in [5, 5.41) is 17.9. The van der Waals surface area contributed by atoms with Crippen molar-refractivity contribution in [2.75, 3.05) is 0 Å². The van der Waals surface area contributed by atoms with E-state index in [9.17, 15) is 5.11 Å². The van der Waals surface area contributed by atoms with Crippen LogP contribution in [-0.4, -0.2) is 11.1 Å². The van der Waals surface area contributed by atoms with Crippen LogP contribution in [0.15, 0.2) is 0 Å². The third-order valence-electron chi connectivity index (χ3n) is 1.19. The summed E-state index contributed by atoms with van der Waals surface area (Å²) in [6, 6.07) is 0. The molecule has 9 heteroatoms. The molecule has 0 aliphatic rings. The first-order valence-corrected chi connectivity index (χ1v) is 5.47. The number of carbonyl (C=O) groups is 1. The van der Waals surface area contributed by atoms with Crippen LogP contribution >= 0.6 is 58.0 Å². The summed E-state index contributed by atoms with van der Waals surface area (Å²) < 4.78 is 0. The summed E-state index contributed by atoms with van der Waals surface area (Å²) >= 11 is 27.9. The molecule has 0 aliphatic heterocycles. The summed E-state index contributed by atoms with van der Waals surface area (Å²) in [7, 11) is 0. The molecule has 0 fully saturated rings. The minimum absolute atomic E-state index is 0. The van der Waals surface area contributed by atoms with Gasteiger partial charge in [-0.1, -0.05) is 58.0 Å². The molecule has 17 heavy (non-hydrogen) atoms. The number of benzene rings is 1. The van der Waals surface area contributed by atoms with Gasteiger partial charge in [-0.25, -0.2) is 0 Å². The van der Waals surface area contributed by atoms with Crippen LogP contribution in [-0.2, 0) is 4.79 Å². The van der Waals surface area contributed by atoms with E-state index in [0.717, 1.165) is 6.92 Å². The van der Waals surface area contributed by atoms with Gasteiger partial charge in [0, 0.05) is 5.97 Å². The van der Waals surface area contributed by atoms with Crippen LogP contribution in [0.2, 0.25) is 25.1 Å². The van der Waals surface area contributed by atoms with Gasteiger partial charge in [0.05, 0.1) is 15.1 Å². The Bertz CT molecular complexity index is 315. The average molecular weight is 348 g/mol. The van der Waals surface area contributed by atoms with Crippen molar-refractivity contribution in [1.29, 1.82) is 0 Å². The Morgan fingerprint density at radius 2 is 1.12 bits per heavy atom. The topological polar surface area (TPSA) is 60.4 Å². The molecule has 0 saturated carbocycles. The maximum atomic E-state index is 9.20. The van der Waals surface area contributed by atoms with Gasteiger partial charge in [-0.05, 0) is 6.92 Å². The van der Waals surface area contributed by atoms with Gasteiger partial charge in [0.2, 0.25) is 0 Å². The summed E-state index contributed by atoms with van der Waals surface area (Å²) in [5.74, 6) is -1.45. The molecule has 0 aliphatic carbocycles. The molecule has 1 rings (SSSR count). The van der Waals surface area contributed by atoms with Gasteiger partial charge < -0.3 is 15.0 Å². The minimum atomic E-state index is -1.08. The van der Waals surface area contributed by atoms with Gasteiger partial charge in [-0.3, -0.25) is 0 Å². The second kappa shape index (κ2) is 8.94. The Morgan fingerprint density at radius 1 is 0.941 bits per heavy atom. The summed E-state index contributed by atoms with van der Waals surface area (Å²) in [6.45, 7) is 0.972. The van der Waals surface area contributed by atoms with Crippen LogP contribution in [0.4, 0.5) is 0 Å². The normalized spacial score (nSPS) is 8.82. The van der Waals surface area contributed by atoms with Gasteiger partial charge in [0.15, 0.2) is 5.75 Å². The molecule has 0 aromatic heterocycles. The van der Waals surface area contributed by atoms with E-state index in [1.807, 2.05) is 0 Å². The Balaban J connectivity index is 0. The van der Waals surface area contributed by atoms with Gasteiger partial charge in [0.1, 0.15) is 10.0 Å². The Labute approximate surface area is 145 Å². The molecule has 0 spiro atoms. The van der Waals surface area contributed by atoms with E-state index in [4.69, 9.17) is 67.9 Å². The van der Waals surface area contributed by atoms with Crippen LogP contribution in [0.1, 0.15) is 6.92 Å². The fraction of sp³-hybridized carbons (Fsp3) is 0.125. The number of phenolic OH excluding ortho intramolecular Hbond substituents is 1. The molecule has 0 bridgehead atoms. The third-order valence-corrected chi connectivity index (χ3v) is 3.44. The quantitative estimate of drug-likeness (QED) is 0.420. The van der Waals surface area contributed by atoms with E-state index in [2.05, 4.69) is 0 Å². The van der Waals surface area contributed by atoms with E-state index in [1.54, 1.807) is 0 Å². The molecular weight excluding hydrogens is 344 g/mol. The number of halogens is 5. The SMILES string of the molecule is CC(=O)[O-].Oc1c(Cl)c(Cl)c(Cl)c(Cl)c1Cl.[Na+]. The van der Waals surface area contributed by atoms with Gasteiger partial charge >= 0.3 is 29.6 Å². The standard InChI is InChI=1S/C6HCl5O.C2H4O2.Na/c7-1-2(8)4(10)6(12)5(11)3(1)9;1-2(3)4;/h12H;1H3,(H,3,4);/q;;+1/p-1. The van der Waals surface area contributed by atoms with Crippen molar-refractivity contribution in [3.05, 3.63) is 25.1 Å². The maximum absolute atomic E-state index is 9.20. The molecule has 0 radical (unpaired) electrons. The van der Waals surface area contributed by atoms with E-state index >= 15 is 0 Å². The zero-order valence-corrected chi connectivity index (χ0v) is 14.4. The number of hydrogen-bond donors (Lipinski definition) is 1. The minimum Gasteiger partial charge on any atom is -0.550 e. The number of carboxylic acid groups (broad SMARTS) is 1. The average Bonchev–Trinajstić information content (AvgIpc) is 2.20. The molecule has 0 heterocycles. The van der Waals surface area contributed by atoms with Gasteiger partial charge in [-0.2, -0.15) is 0 Å². The number of phenols is 1. The van der Waals surface area contributed by atoms with E-state index in [-0.39, 0.29) is 60.4 Å². The molecule has 0 unspecified atom stereocenters. The number of rotatable bonds is 0. The van der Waals surface area contributed by atoms with Crippen molar-refractivity contribution in [2.24, 2.45) is 0 Å². The Morgan fingerprint density at radius 3 is 1.35 bits per heavy atom. The van der Waals surface area contributed by atoms with E-state index in [1.165, 1.54) is 0 Å². The molecule has 90 valence electrons. The zero-order chi connectivity index (χ0) is 13.0. The number of hydrogen-bond acceptors (Lipinski definition) is 3. The van der Waals surface area contributed by atoms with Gasteiger partial charge in [-0.15, -0.1) is 0 Å². The van der Waals surface area contributed by atoms with Crippen molar-refractivity contribution in [2.45, 2.75) is 6.92 Å². The molecule has 3 nitrogen and oxygen atoms in total. The number of aromatic hydroxyl groups is 1. The Hall–Kier alpha value is 0.940. The predicted molar refractivity (Wildman–Crippen MR) is 63.8 cm³/mol. The summed E-state index contributed by atoms with van der Waals surface area (Å²) in [4.78, 5) is 8.89. The maximum Gasteiger partial charge on any atom is 1.00 e. The van der Waals surface area contributed by atoms with Crippen molar-refractivity contribution in [1.82, 2.24) is 0 Å². The second-order valence-corrected chi connectivity index (χ2v) is 4.30. The third kappa shape index (κ3) is 6.08. The number of carboxylic acids is 1. The first-order valence-electron chi connectivity index (χ1n) is 3.58. The molecular formula is C8H4Cl5NaO3. The van der Waals surface area contributed by atoms with Crippen LogP contribution in [0.5, 0.6) is 5.75 Å². The van der Waals surface area contributed by atoms with Crippen molar-refractivity contribution >= 4 is 64.0 Å². The van der Waals surface area contributed by atoms with Crippen molar-refractivity contribution in [3.8, 4) is 5.75 Å². The fourth-order valence-corrected chi connectivity index (χ4v) is 1.72. The first kappa shape index (κ1) is 20.3. The van der Waals surface area contributed by atoms with Crippen LogP contribution < -0.4 is 34.7 Å². The summed E-state index contributed by atoms with van der Waals surface area (Å²) in [5.41, 5.74) is 0. The van der Waals surface area contributed by atoms with E-state index in [0.29, 0.717) is 0 Å². The van der Waals surface area contributed by atoms with Crippen LogP contribution in [0, 0.1) is 0 Å². The predicted octanol–water partition coefficient (Wildman–Crippen LogP) is 0.419. The smallest absolute Gasteiger partial charge is 0.550 e. The molecule has 0 amide bonds. The first-order chi connectivity index (χ1) is 7.20. The fourth-order valence-electron chi connectivity index (χ4n) is 0.593. The molecule has 1 N–H and O–H groups in total. The number of carbonyl (C=O) groups excluding carboxylic acids is 1. The zero-order valence-electron chi connectivity index (χ0n) is 8.65. The molecule has 0 atom stereocenters. The molecule has 0 saturated heterocycles. The van der Waals surface area contributed by atoms with Crippen LogP contribution in [0.25, 0.3) is 0 Å². The monoisotopic (exact) mass is 346 g/mol. The molecule has 1 aromatic carbocycles. The van der Waals surface area contributed by atoms with E-state index < -0.39 is 5.97 Å². The van der Waals surface area contributed by atoms with Gasteiger partial charge in [0.25, 0.3) is 0 Å². The molecule has 1 aromatic rings. The second-order valence-electron chi connectivity index (χ2n) is 2.41. The largest absolute Gasteiger partial charge is 1.00 e. The van der Waals surface area contributed by atoms with Crippen LogP contribution in [0.3, 0.4) is 0 Å².